The Bertz CT molecular complexity index is 3150. The number of phenolic OH excluding ortho intramolecular Hbond substituents is 1. The van der Waals surface area contributed by atoms with Gasteiger partial charge >= 0.3 is 0 Å². The van der Waals surface area contributed by atoms with Crippen LogP contribution in [-0.2, 0) is 20.2 Å². The van der Waals surface area contributed by atoms with Gasteiger partial charge in [0.25, 0.3) is 0 Å². The summed E-state index contributed by atoms with van der Waals surface area (Å²) in [6, 6.07) is 22.9. The number of carbonyl (C=O) groups is 2. The predicted octanol–water partition coefficient (Wildman–Crippen LogP) is 7.82. The van der Waals surface area contributed by atoms with Crippen LogP contribution in [0.2, 0.25) is 0 Å². The summed E-state index contributed by atoms with van der Waals surface area (Å²) in [5.41, 5.74) is 4.65. The second-order valence-electron chi connectivity index (χ2n) is 23.5. The van der Waals surface area contributed by atoms with Crippen LogP contribution in [0.3, 0.4) is 0 Å². The standard InChI is InChI=1S/C59H69FN12O5/c1-58(2,3)52(56(76)71-34-43(73)27-49(71)54-65-59(4,77-68-54)39-17-13-36(14-18-39)44-9-5-7-11-47(44)60)64-55(75)37-15-19-40(20-16-37)69-25-23-35(24-26-69)38-29-62-57(63-30-38)72-41-21-22-42(72)33-70(32-41)50-31-61-53-46(50)28-48(66-67-53)45-10-6-8-12-51(45)74/h5-14,17-18,28-31,35,37,40-43,49,52,73-74H,15-16,19-27,32-34H2,1-4H3,(H,61,67)(H,64,75)(H,65,68)/t37-,40-,41?,42?,43-,49+,52-,59+/m1/s1. The lowest BCUT2D eigenvalue weighted by Gasteiger charge is -2.42. The molecule has 2 unspecified atom stereocenters. The van der Waals surface area contributed by atoms with E-state index in [1.165, 1.54) is 11.6 Å². The first-order valence-electron chi connectivity index (χ1n) is 27.6. The van der Waals surface area contributed by atoms with Crippen LogP contribution >= 0.6 is 0 Å². The highest BCUT2D eigenvalue weighted by atomic mass is 19.1. The summed E-state index contributed by atoms with van der Waals surface area (Å²) in [6.45, 7) is 11.5. The number of aromatic amines is 1. The number of amides is 2. The minimum Gasteiger partial charge on any atom is -0.507 e. The molecule has 6 aliphatic rings. The Kier molecular flexibility index (Phi) is 13.4. The number of piperidine rings is 1. The van der Waals surface area contributed by atoms with Crippen LogP contribution < -0.4 is 20.4 Å². The molecular formula is C59H69FN12O5. The number of nitrogens with one attached hydrogen (secondary N) is 3. The van der Waals surface area contributed by atoms with Gasteiger partial charge in [-0.3, -0.25) is 9.59 Å². The number of hydrogen-bond donors (Lipinski definition) is 5. The average molecular weight is 1050 g/mol. The zero-order valence-electron chi connectivity index (χ0n) is 44.3. The van der Waals surface area contributed by atoms with Gasteiger partial charge < -0.3 is 50.3 Å². The minimum atomic E-state index is -1.06. The number of H-pyrrole nitrogens is 1. The third kappa shape index (κ3) is 9.83. The second-order valence-corrected chi connectivity index (χ2v) is 23.5. The van der Waals surface area contributed by atoms with Gasteiger partial charge in [-0.25, -0.2) is 14.4 Å². The number of aliphatic hydroxyl groups is 1. The van der Waals surface area contributed by atoms with Crippen molar-refractivity contribution in [1.82, 2.24) is 45.6 Å². The van der Waals surface area contributed by atoms with Crippen molar-refractivity contribution in [3.63, 3.8) is 0 Å². The first kappa shape index (κ1) is 50.6. The van der Waals surface area contributed by atoms with Crippen LogP contribution in [-0.4, -0.2) is 132 Å². The molecule has 1 saturated carbocycles. The average Bonchev–Trinajstić information content (AvgIpc) is 4.33. The Morgan fingerprint density at radius 1 is 0.844 bits per heavy atom. The van der Waals surface area contributed by atoms with E-state index in [-0.39, 0.29) is 42.3 Å². The third-order valence-corrected chi connectivity index (χ3v) is 17.5. The number of benzene rings is 3. The molecule has 402 valence electrons. The smallest absolute Gasteiger partial charge is 0.246 e. The van der Waals surface area contributed by atoms with E-state index in [0.29, 0.717) is 46.7 Å². The summed E-state index contributed by atoms with van der Waals surface area (Å²) in [6.07, 6.45) is 13.2. The van der Waals surface area contributed by atoms with E-state index >= 15 is 0 Å². The number of hydrogen-bond acceptors (Lipinski definition) is 14. The van der Waals surface area contributed by atoms with Crippen LogP contribution in [0.15, 0.2) is 103 Å². The molecular weight excluding hydrogens is 976 g/mol. The fourth-order valence-electron chi connectivity index (χ4n) is 13.1. The summed E-state index contributed by atoms with van der Waals surface area (Å²) in [7, 11) is 0. The number of aliphatic hydroxyl groups excluding tert-OH is 1. The Hall–Kier alpha value is -7.18. The SMILES string of the molecule is CC(C)(C)[C@H](NC(=O)[C@H]1CC[C@H](N2CCC(c3cnc(N4C5CCC4CN(c4c[nH]c6nnc(-c7ccccc7O)cc46)C5)nc3)CC2)CC1)C(=O)N1C[C@H](O)C[C@H]1C1=NO[C@@](C)(c2ccc(-c3ccccc3F)cc2)N1. The first-order chi connectivity index (χ1) is 37.2. The molecule has 12 rings (SSSR count). The molecule has 3 aromatic carbocycles. The highest BCUT2D eigenvalue weighted by Gasteiger charge is 2.48. The zero-order chi connectivity index (χ0) is 53.2. The van der Waals surface area contributed by atoms with E-state index in [0.717, 1.165) is 111 Å². The normalized spacial score (nSPS) is 26.4. The molecule has 0 radical (unpaired) electrons. The van der Waals surface area contributed by atoms with Gasteiger partial charge in [0.2, 0.25) is 23.5 Å². The lowest BCUT2D eigenvalue weighted by Crippen LogP contribution is -2.59. The molecule has 2 amide bonds. The Morgan fingerprint density at radius 2 is 1.52 bits per heavy atom. The van der Waals surface area contributed by atoms with E-state index in [1.54, 1.807) is 35.2 Å². The van der Waals surface area contributed by atoms with Crippen molar-refractivity contribution in [3.05, 3.63) is 114 Å². The maximum Gasteiger partial charge on any atom is 0.246 e. The minimum absolute atomic E-state index is 0.0964. The second kappa shape index (κ2) is 20.3. The van der Waals surface area contributed by atoms with E-state index in [9.17, 15) is 24.2 Å². The van der Waals surface area contributed by atoms with Crippen molar-refractivity contribution < 1.29 is 29.0 Å². The number of aromatic hydroxyl groups is 1. The number of aromatic nitrogens is 5. The van der Waals surface area contributed by atoms with Gasteiger partial charge in [0.15, 0.2) is 11.5 Å². The monoisotopic (exact) mass is 1040 g/mol. The number of oxime groups is 1. The van der Waals surface area contributed by atoms with Gasteiger partial charge in [0, 0.05) is 97.7 Å². The van der Waals surface area contributed by atoms with E-state index in [1.807, 2.05) is 76.4 Å². The molecule has 4 saturated heterocycles. The van der Waals surface area contributed by atoms with Crippen LogP contribution in [0.1, 0.15) is 103 Å². The number of para-hydroxylation sites is 1. The molecule has 2 bridgehead atoms. The maximum atomic E-state index is 14.6. The van der Waals surface area contributed by atoms with Crippen molar-refractivity contribution in [2.24, 2.45) is 16.5 Å². The van der Waals surface area contributed by atoms with Crippen molar-refractivity contribution in [3.8, 4) is 28.1 Å². The lowest BCUT2D eigenvalue weighted by molar-refractivity contribution is -0.141. The molecule has 5 aliphatic heterocycles. The first-order valence-corrected chi connectivity index (χ1v) is 27.6. The van der Waals surface area contributed by atoms with Gasteiger partial charge in [-0.2, -0.15) is 0 Å². The van der Waals surface area contributed by atoms with Crippen LogP contribution in [0.25, 0.3) is 33.4 Å². The fraction of sp³-hybridized carbons (Fsp3) is 0.475. The van der Waals surface area contributed by atoms with Gasteiger partial charge in [-0.15, -0.1) is 10.2 Å². The number of β-amino-alcohol motifs (C(OH)–C–C–N with tert-alkyl or cyclic N) is 1. The quantitative estimate of drug-likeness (QED) is 0.0842. The Balaban J connectivity index is 0.618. The summed E-state index contributed by atoms with van der Waals surface area (Å²) in [5, 5.41) is 42.3. The van der Waals surface area contributed by atoms with Crippen molar-refractivity contribution in [1.29, 1.82) is 0 Å². The van der Waals surface area contributed by atoms with E-state index < -0.39 is 29.3 Å². The summed E-state index contributed by atoms with van der Waals surface area (Å²) >= 11 is 0. The van der Waals surface area contributed by atoms with Gasteiger partial charge in [0.05, 0.1) is 23.5 Å². The summed E-state index contributed by atoms with van der Waals surface area (Å²) < 4.78 is 14.5. The topological polar surface area (TPSA) is 201 Å². The molecule has 77 heavy (non-hydrogen) atoms. The zero-order valence-corrected chi connectivity index (χ0v) is 44.3. The molecule has 17 nitrogen and oxygen atoms in total. The number of carbonyl (C=O) groups excluding carboxylic acids is 2. The van der Waals surface area contributed by atoms with Crippen LogP contribution in [0.4, 0.5) is 16.0 Å². The molecule has 3 aromatic heterocycles. The van der Waals surface area contributed by atoms with Crippen LogP contribution in [0, 0.1) is 17.2 Å². The molecule has 5 fully saturated rings. The van der Waals surface area contributed by atoms with E-state index in [4.69, 9.17) is 14.8 Å². The number of likely N-dealkylation sites (tertiary alicyclic amines) is 2. The number of amidine groups is 1. The van der Waals surface area contributed by atoms with Crippen molar-refractivity contribution >= 4 is 40.3 Å². The molecule has 5 N–H and O–H groups in total. The Morgan fingerprint density at radius 3 is 2.21 bits per heavy atom. The number of phenols is 1. The number of rotatable bonds is 11. The number of halogens is 1. The van der Waals surface area contributed by atoms with Gasteiger partial charge in [-0.1, -0.05) is 80.5 Å². The lowest BCUT2D eigenvalue weighted by atomic mass is 9.81. The highest BCUT2D eigenvalue weighted by Crippen LogP contribution is 2.40. The van der Waals surface area contributed by atoms with E-state index in [2.05, 4.69) is 58.1 Å². The highest BCUT2D eigenvalue weighted by molar-refractivity contribution is 5.96. The fourth-order valence-corrected chi connectivity index (χ4v) is 13.1. The molecule has 6 aromatic rings. The number of piperazine rings is 1. The number of anilines is 2. The van der Waals surface area contributed by atoms with Crippen molar-refractivity contribution in [2.75, 3.05) is 42.5 Å². The largest absolute Gasteiger partial charge is 0.507 e. The predicted molar refractivity (Wildman–Crippen MR) is 292 cm³/mol. The number of nitrogens with zero attached hydrogens (tertiary/aromatic N) is 9. The van der Waals surface area contributed by atoms with Gasteiger partial charge in [-0.05, 0) is 111 Å². The molecule has 8 heterocycles. The summed E-state index contributed by atoms with van der Waals surface area (Å²) in [5.74, 6) is 0.960. The summed E-state index contributed by atoms with van der Waals surface area (Å²) in [4.78, 5) is 57.2. The Labute approximate surface area is 448 Å². The molecule has 0 spiro atoms. The molecule has 6 atom stereocenters. The molecule has 18 heteroatoms. The van der Waals surface area contributed by atoms with Crippen LogP contribution in [0.5, 0.6) is 5.75 Å². The van der Waals surface area contributed by atoms with Gasteiger partial charge in [0.1, 0.15) is 17.6 Å². The number of fused-ring (bicyclic) bond motifs is 3. The third-order valence-electron chi connectivity index (χ3n) is 17.5. The molecule has 1 aliphatic carbocycles. The van der Waals surface area contributed by atoms with Crippen molar-refractivity contribution in [2.45, 2.75) is 133 Å². The maximum absolute atomic E-state index is 14.6.